The van der Waals surface area contributed by atoms with Crippen molar-refractivity contribution in [2.75, 3.05) is 13.1 Å². The van der Waals surface area contributed by atoms with E-state index in [4.69, 9.17) is 11.6 Å². The number of hydrogen-bond donors (Lipinski definition) is 3. The summed E-state index contributed by atoms with van der Waals surface area (Å²) in [5.74, 6) is 0.666. The maximum Gasteiger partial charge on any atom is 0.191 e. The SMILES string of the molecule is CCNC(=NCc1nc(C)c(C)s1)NCC(O)c1ccc(Cl)s1.I. The van der Waals surface area contributed by atoms with E-state index in [1.54, 1.807) is 17.4 Å². The van der Waals surface area contributed by atoms with Crippen molar-refractivity contribution in [3.63, 3.8) is 0 Å². The summed E-state index contributed by atoms with van der Waals surface area (Å²) in [6.07, 6.45) is -0.610. The highest BCUT2D eigenvalue weighted by molar-refractivity contribution is 14.0. The number of thiophene rings is 1. The van der Waals surface area contributed by atoms with Crippen LogP contribution in [0.15, 0.2) is 17.1 Å². The van der Waals surface area contributed by atoms with Gasteiger partial charge in [-0.15, -0.1) is 46.7 Å². The zero-order chi connectivity index (χ0) is 16.8. The Morgan fingerprint density at radius 3 is 2.62 bits per heavy atom. The van der Waals surface area contributed by atoms with Gasteiger partial charge in [-0.2, -0.15) is 0 Å². The molecule has 2 aromatic heterocycles. The molecule has 134 valence electrons. The lowest BCUT2D eigenvalue weighted by atomic mass is 10.3. The van der Waals surface area contributed by atoms with Crippen LogP contribution in [0.5, 0.6) is 0 Å². The molecule has 1 unspecified atom stereocenters. The first-order valence-electron chi connectivity index (χ1n) is 7.38. The summed E-state index contributed by atoms with van der Waals surface area (Å²) in [5.41, 5.74) is 1.06. The molecule has 0 aliphatic heterocycles. The summed E-state index contributed by atoms with van der Waals surface area (Å²) >= 11 is 8.94. The van der Waals surface area contributed by atoms with Gasteiger partial charge in [-0.1, -0.05) is 11.6 Å². The van der Waals surface area contributed by atoms with E-state index in [0.717, 1.165) is 22.1 Å². The molecule has 24 heavy (non-hydrogen) atoms. The van der Waals surface area contributed by atoms with Crippen LogP contribution >= 0.6 is 58.3 Å². The van der Waals surface area contributed by atoms with Crippen LogP contribution in [0, 0.1) is 13.8 Å². The molecule has 0 spiro atoms. The standard InChI is InChI=1S/C15H21ClN4OS2.HI/c1-4-17-15(19-8-14-20-9(2)10(3)22-14)18-7-11(21)12-5-6-13(16)23-12;/h5-6,11,21H,4,7-8H2,1-3H3,(H2,17,18,19);1H. The van der Waals surface area contributed by atoms with Crippen LogP contribution in [0.4, 0.5) is 0 Å². The Labute approximate surface area is 172 Å². The summed E-state index contributed by atoms with van der Waals surface area (Å²) in [7, 11) is 0. The maximum atomic E-state index is 10.2. The third kappa shape index (κ3) is 6.47. The van der Waals surface area contributed by atoms with Crippen molar-refractivity contribution in [1.29, 1.82) is 0 Å². The number of aliphatic hydroxyl groups is 1. The molecule has 5 nitrogen and oxygen atoms in total. The number of rotatable bonds is 6. The van der Waals surface area contributed by atoms with Crippen LogP contribution in [0.25, 0.3) is 0 Å². The monoisotopic (exact) mass is 500 g/mol. The van der Waals surface area contributed by atoms with Gasteiger partial charge < -0.3 is 15.7 Å². The number of nitrogens with one attached hydrogen (secondary N) is 2. The zero-order valence-electron chi connectivity index (χ0n) is 13.8. The lowest BCUT2D eigenvalue weighted by Crippen LogP contribution is -2.39. The fourth-order valence-corrected chi connectivity index (χ4v) is 3.80. The second-order valence-corrected chi connectivity index (χ2v) is 8.02. The Morgan fingerprint density at radius 1 is 1.33 bits per heavy atom. The maximum absolute atomic E-state index is 10.2. The fourth-order valence-electron chi connectivity index (χ4n) is 1.90. The number of thiazole rings is 1. The zero-order valence-corrected chi connectivity index (χ0v) is 18.5. The third-order valence-corrected chi connectivity index (χ3v) is 5.56. The van der Waals surface area contributed by atoms with Gasteiger partial charge >= 0.3 is 0 Å². The quantitative estimate of drug-likeness (QED) is 0.320. The number of halogens is 2. The highest BCUT2D eigenvalue weighted by Crippen LogP contribution is 2.26. The summed E-state index contributed by atoms with van der Waals surface area (Å²) < 4.78 is 0.675. The average molecular weight is 501 g/mol. The summed E-state index contributed by atoms with van der Waals surface area (Å²) in [6.45, 7) is 7.72. The van der Waals surface area contributed by atoms with Gasteiger partial charge in [-0.3, -0.25) is 0 Å². The number of aliphatic hydroxyl groups excluding tert-OH is 1. The Morgan fingerprint density at radius 2 is 2.08 bits per heavy atom. The van der Waals surface area contributed by atoms with E-state index in [2.05, 4.69) is 27.5 Å². The van der Waals surface area contributed by atoms with Crippen molar-refractivity contribution >= 4 is 64.2 Å². The second-order valence-electron chi connectivity index (χ2n) is 4.98. The van der Waals surface area contributed by atoms with Gasteiger partial charge in [-0.05, 0) is 32.9 Å². The van der Waals surface area contributed by atoms with Crippen molar-refractivity contribution in [2.45, 2.75) is 33.4 Å². The van der Waals surface area contributed by atoms with Crippen LogP contribution in [-0.2, 0) is 6.54 Å². The Kier molecular flexibility index (Phi) is 9.50. The van der Waals surface area contributed by atoms with Gasteiger partial charge in [0.2, 0.25) is 0 Å². The van der Waals surface area contributed by atoms with Crippen LogP contribution in [0.1, 0.15) is 33.5 Å². The van der Waals surface area contributed by atoms with Gasteiger partial charge in [-0.25, -0.2) is 9.98 Å². The van der Waals surface area contributed by atoms with Gasteiger partial charge in [0.1, 0.15) is 11.1 Å². The van der Waals surface area contributed by atoms with Crippen molar-refractivity contribution in [1.82, 2.24) is 15.6 Å². The van der Waals surface area contributed by atoms with Crippen LogP contribution < -0.4 is 10.6 Å². The topological polar surface area (TPSA) is 69.5 Å². The largest absolute Gasteiger partial charge is 0.386 e. The minimum atomic E-state index is -0.610. The average Bonchev–Trinajstić information content (AvgIpc) is 3.08. The van der Waals surface area contributed by atoms with E-state index in [9.17, 15) is 5.11 Å². The van der Waals surface area contributed by atoms with Gasteiger partial charge in [0, 0.05) is 22.8 Å². The van der Waals surface area contributed by atoms with Crippen molar-refractivity contribution in [2.24, 2.45) is 4.99 Å². The van der Waals surface area contributed by atoms with Crippen LogP contribution in [-0.4, -0.2) is 29.1 Å². The molecule has 0 radical (unpaired) electrons. The molecule has 0 amide bonds. The lowest BCUT2D eigenvalue weighted by Gasteiger charge is -2.14. The molecule has 9 heteroatoms. The fraction of sp³-hybridized carbons (Fsp3) is 0.467. The number of nitrogens with zero attached hydrogens (tertiary/aromatic N) is 2. The number of aryl methyl sites for hydroxylation is 2. The van der Waals surface area contributed by atoms with Crippen LogP contribution in [0.3, 0.4) is 0 Å². The van der Waals surface area contributed by atoms with Crippen molar-refractivity contribution in [3.05, 3.63) is 36.9 Å². The molecule has 2 heterocycles. The van der Waals surface area contributed by atoms with E-state index >= 15 is 0 Å². The summed E-state index contributed by atoms with van der Waals surface area (Å²) in [6, 6.07) is 3.63. The van der Waals surface area contributed by atoms with Crippen molar-refractivity contribution < 1.29 is 5.11 Å². The molecule has 3 N–H and O–H groups in total. The highest BCUT2D eigenvalue weighted by atomic mass is 127. The number of aliphatic imine (C=N–C) groups is 1. The van der Waals surface area contributed by atoms with Crippen LogP contribution in [0.2, 0.25) is 4.34 Å². The number of hydrogen-bond acceptors (Lipinski definition) is 5. The Hall–Kier alpha value is -0.420. The van der Waals surface area contributed by atoms with E-state index < -0.39 is 6.10 Å². The Bertz CT molecular complexity index is 655. The third-order valence-electron chi connectivity index (χ3n) is 3.17. The first-order chi connectivity index (χ1) is 11.0. The molecule has 2 rings (SSSR count). The minimum Gasteiger partial charge on any atom is -0.386 e. The molecule has 0 saturated heterocycles. The summed E-state index contributed by atoms with van der Waals surface area (Å²) in [4.78, 5) is 11.1. The molecule has 0 aliphatic rings. The Balaban J connectivity index is 0.00000288. The highest BCUT2D eigenvalue weighted by Gasteiger charge is 2.11. The van der Waals surface area contributed by atoms with E-state index in [1.807, 2.05) is 19.9 Å². The lowest BCUT2D eigenvalue weighted by molar-refractivity contribution is 0.184. The molecular weight excluding hydrogens is 479 g/mol. The number of aromatic nitrogens is 1. The first-order valence-corrected chi connectivity index (χ1v) is 9.39. The van der Waals surface area contributed by atoms with E-state index in [0.29, 0.717) is 23.4 Å². The summed E-state index contributed by atoms with van der Waals surface area (Å²) in [5, 5.41) is 17.5. The molecule has 2 aromatic rings. The smallest absolute Gasteiger partial charge is 0.191 e. The molecule has 0 fully saturated rings. The van der Waals surface area contributed by atoms with E-state index in [-0.39, 0.29) is 24.0 Å². The molecule has 0 aliphatic carbocycles. The molecule has 0 bridgehead atoms. The minimum absolute atomic E-state index is 0. The second kappa shape index (κ2) is 10.5. The molecule has 1 atom stereocenters. The predicted molar refractivity (Wildman–Crippen MR) is 114 cm³/mol. The van der Waals surface area contributed by atoms with Gasteiger partial charge in [0.05, 0.1) is 16.6 Å². The molecule has 0 saturated carbocycles. The first kappa shape index (κ1) is 21.6. The normalized spacial score (nSPS) is 12.6. The van der Waals surface area contributed by atoms with Gasteiger partial charge in [0.25, 0.3) is 0 Å². The number of guanidine groups is 1. The van der Waals surface area contributed by atoms with E-state index in [1.165, 1.54) is 16.2 Å². The van der Waals surface area contributed by atoms with Gasteiger partial charge in [0.15, 0.2) is 5.96 Å². The molecular formula is C15H22ClIN4OS2. The predicted octanol–water partition coefficient (Wildman–Crippen LogP) is 3.88. The van der Waals surface area contributed by atoms with Crippen molar-refractivity contribution in [3.8, 4) is 0 Å². The molecule has 0 aromatic carbocycles.